The Balaban J connectivity index is 1.88. The van der Waals surface area contributed by atoms with Gasteiger partial charge in [-0.05, 0) is 24.4 Å². The van der Waals surface area contributed by atoms with E-state index in [9.17, 15) is 9.90 Å². The van der Waals surface area contributed by atoms with Crippen LogP contribution in [0.1, 0.15) is 6.42 Å². The van der Waals surface area contributed by atoms with Crippen LogP contribution in [0.2, 0.25) is 0 Å². The zero-order chi connectivity index (χ0) is 17.3. The second-order valence-corrected chi connectivity index (χ2v) is 6.11. The number of aliphatic hydroxyl groups excluding tert-OH is 1. The van der Waals surface area contributed by atoms with E-state index in [2.05, 4.69) is 10.1 Å². The fourth-order valence-electron chi connectivity index (χ4n) is 2.92. The van der Waals surface area contributed by atoms with Gasteiger partial charge in [-0.15, -0.1) is 0 Å². The summed E-state index contributed by atoms with van der Waals surface area (Å²) >= 11 is 5.45. The van der Waals surface area contributed by atoms with Gasteiger partial charge in [0.25, 0.3) is 0 Å². The normalized spacial score (nSPS) is 21.1. The molecule has 0 spiro atoms. The van der Waals surface area contributed by atoms with E-state index in [1.54, 1.807) is 17.1 Å². The Kier molecular flexibility index (Phi) is 4.74. The van der Waals surface area contributed by atoms with Crippen molar-refractivity contribution in [1.82, 2.24) is 24.2 Å². The van der Waals surface area contributed by atoms with E-state index in [0.717, 1.165) is 11.4 Å². The number of β-amino-alcohol motifs (C(OH)–C–C–N with tert-alkyl or cyclic N) is 1. The molecule has 128 valence electrons. The first-order valence-corrected chi connectivity index (χ1v) is 7.96. The third-order valence-electron chi connectivity index (χ3n) is 4.15. The van der Waals surface area contributed by atoms with Gasteiger partial charge in [0.2, 0.25) is 0 Å². The Morgan fingerprint density at radius 3 is 2.83 bits per heavy atom. The van der Waals surface area contributed by atoms with Crippen molar-refractivity contribution in [2.45, 2.75) is 25.2 Å². The highest BCUT2D eigenvalue weighted by Crippen LogP contribution is 2.21. The quantitative estimate of drug-likeness (QED) is 0.638. The topological polar surface area (TPSA) is 85.4 Å². The molecule has 0 unspecified atom stereocenters. The molecule has 1 fully saturated rings. The van der Waals surface area contributed by atoms with Gasteiger partial charge in [-0.1, -0.05) is 0 Å². The number of hydrogen-bond donors (Lipinski definition) is 1. The highest BCUT2D eigenvalue weighted by molar-refractivity contribution is 7.71. The van der Waals surface area contributed by atoms with Crippen LogP contribution in [0.15, 0.2) is 24.5 Å². The van der Waals surface area contributed by atoms with Gasteiger partial charge in [0, 0.05) is 38.0 Å². The van der Waals surface area contributed by atoms with Gasteiger partial charge in [0.15, 0.2) is 10.6 Å². The molecule has 2 aromatic heterocycles. The third-order valence-corrected chi connectivity index (χ3v) is 4.63. The summed E-state index contributed by atoms with van der Waals surface area (Å²) in [5.74, 6) is 0.361. The minimum atomic E-state index is -0.563. The molecule has 0 aliphatic carbocycles. The first kappa shape index (κ1) is 16.7. The number of nitrogens with zero attached hydrogens (tertiary/aromatic N) is 5. The molecule has 2 atom stereocenters. The number of aliphatic hydroxyl groups is 1. The Morgan fingerprint density at radius 1 is 1.46 bits per heavy atom. The van der Waals surface area contributed by atoms with Crippen molar-refractivity contribution in [2.75, 3.05) is 13.7 Å². The maximum absolute atomic E-state index is 11.9. The third kappa shape index (κ3) is 3.10. The Bertz CT molecular complexity index is 788. The first-order chi connectivity index (χ1) is 11.5. The Hall–Kier alpha value is -2.10. The lowest BCUT2D eigenvalue weighted by Crippen LogP contribution is -2.38. The second-order valence-electron chi connectivity index (χ2n) is 5.74. The van der Waals surface area contributed by atoms with Crippen molar-refractivity contribution in [3.8, 4) is 11.4 Å². The molecule has 0 radical (unpaired) electrons. The van der Waals surface area contributed by atoms with E-state index >= 15 is 0 Å². The lowest BCUT2D eigenvalue weighted by molar-refractivity contribution is -0.146. The largest absolute Gasteiger partial charge is 0.468 e. The van der Waals surface area contributed by atoms with Crippen LogP contribution in [0.4, 0.5) is 0 Å². The predicted octanol–water partition coefficient (Wildman–Crippen LogP) is 0.579. The number of esters is 1. The Morgan fingerprint density at radius 2 is 2.17 bits per heavy atom. The number of pyridine rings is 1. The zero-order valence-electron chi connectivity index (χ0n) is 13.5. The molecular weight excluding hydrogens is 330 g/mol. The number of methoxy groups -OCH3 is 1. The molecule has 24 heavy (non-hydrogen) atoms. The standard InChI is InChI=1S/C15H19N5O3S/c1-18-13(10-3-5-16-6-4-10)17-20(15(18)24)9-19-8-11(21)7-12(19)14(22)23-2/h3-6,11-12,21H,7-9H2,1-2H3/t11-,12-/m0/s1. The number of aromatic nitrogens is 4. The van der Waals surface area contributed by atoms with Gasteiger partial charge in [-0.3, -0.25) is 14.7 Å². The van der Waals surface area contributed by atoms with Crippen LogP contribution in [-0.4, -0.2) is 61.1 Å². The van der Waals surface area contributed by atoms with Crippen molar-refractivity contribution >= 4 is 18.2 Å². The molecular formula is C15H19N5O3S. The maximum atomic E-state index is 11.9. The van der Waals surface area contributed by atoms with Crippen LogP contribution in [0.5, 0.6) is 0 Å². The summed E-state index contributed by atoms with van der Waals surface area (Å²) in [6.07, 6.45) is 3.18. The lowest BCUT2D eigenvalue weighted by Gasteiger charge is -2.21. The minimum absolute atomic E-state index is 0.314. The van der Waals surface area contributed by atoms with Crippen LogP contribution < -0.4 is 0 Å². The highest BCUT2D eigenvalue weighted by Gasteiger charge is 2.37. The van der Waals surface area contributed by atoms with Crippen molar-refractivity contribution in [3.63, 3.8) is 0 Å². The van der Waals surface area contributed by atoms with Gasteiger partial charge in [0.05, 0.1) is 19.9 Å². The van der Waals surface area contributed by atoms with Crippen LogP contribution in [0.25, 0.3) is 11.4 Å². The summed E-state index contributed by atoms with van der Waals surface area (Å²) in [5, 5.41) is 14.4. The summed E-state index contributed by atoms with van der Waals surface area (Å²) in [5.41, 5.74) is 0.906. The maximum Gasteiger partial charge on any atom is 0.323 e. The summed E-state index contributed by atoms with van der Waals surface area (Å²) in [6.45, 7) is 0.692. The van der Waals surface area contributed by atoms with Gasteiger partial charge >= 0.3 is 5.97 Å². The molecule has 3 heterocycles. The predicted molar refractivity (Wildman–Crippen MR) is 88.4 cm³/mol. The molecule has 1 aliphatic rings. The van der Waals surface area contributed by atoms with E-state index < -0.39 is 12.1 Å². The second kappa shape index (κ2) is 6.80. The van der Waals surface area contributed by atoms with Crippen LogP contribution in [0, 0.1) is 4.77 Å². The van der Waals surface area contributed by atoms with E-state index in [0.29, 0.717) is 24.4 Å². The molecule has 0 bridgehead atoms. The van der Waals surface area contributed by atoms with E-state index in [-0.39, 0.29) is 5.97 Å². The molecule has 9 heteroatoms. The molecule has 0 aromatic carbocycles. The summed E-state index contributed by atoms with van der Waals surface area (Å²) < 4.78 is 8.82. The number of hydrogen-bond acceptors (Lipinski definition) is 7. The van der Waals surface area contributed by atoms with Gasteiger partial charge in [-0.2, -0.15) is 5.10 Å². The van der Waals surface area contributed by atoms with Crippen LogP contribution in [0.3, 0.4) is 0 Å². The SMILES string of the molecule is COC(=O)[C@@H]1C[C@H](O)CN1Cn1nc(-c2ccncc2)n(C)c1=S. The number of carbonyl (C=O) groups is 1. The van der Waals surface area contributed by atoms with Crippen molar-refractivity contribution in [3.05, 3.63) is 29.3 Å². The summed E-state index contributed by atoms with van der Waals surface area (Å²) in [7, 11) is 3.19. The van der Waals surface area contributed by atoms with Crippen molar-refractivity contribution in [1.29, 1.82) is 0 Å². The molecule has 1 N–H and O–H groups in total. The smallest absolute Gasteiger partial charge is 0.323 e. The fraction of sp³-hybridized carbons (Fsp3) is 0.467. The molecule has 0 saturated carbocycles. The van der Waals surface area contributed by atoms with Crippen LogP contribution >= 0.6 is 12.2 Å². The van der Waals surface area contributed by atoms with E-state index in [1.165, 1.54) is 7.11 Å². The molecule has 1 saturated heterocycles. The Labute approximate surface area is 144 Å². The molecule has 8 nitrogen and oxygen atoms in total. The van der Waals surface area contributed by atoms with Gasteiger partial charge in [0.1, 0.15) is 6.04 Å². The average molecular weight is 349 g/mol. The van der Waals surface area contributed by atoms with E-state index in [4.69, 9.17) is 17.0 Å². The molecule has 0 amide bonds. The van der Waals surface area contributed by atoms with Crippen molar-refractivity contribution < 1.29 is 14.6 Å². The van der Waals surface area contributed by atoms with Crippen molar-refractivity contribution in [2.24, 2.45) is 7.05 Å². The number of carbonyl (C=O) groups excluding carboxylic acids is 1. The molecule has 1 aliphatic heterocycles. The summed E-state index contributed by atoms with van der Waals surface area (Å²) in [6, 6.07) is 3.23. The van der Waals surface area contributed by atoms with E-state index in [1.807, 2.05) is 28.6 Å². The lowest BCUT2D eigenvalue weighted by atomic mass is 10.2. The minimum Gasteiger partial charge on any atom is -0.468 e. The number of ether oxygens (including phenoxy) is 1. The first-order valence-electron chi connectivity index (χ1n) is 7.55. The zero-order valence-corrected chi connectivity index (χ0v) is 14.3. The molecule has 3 rings (SSSR count). The number of likely N-dealkylation sites (tertiary alicyclic amines) is 1. The monoisotopic (exact) mass is 349 g/mol. The molecule has 2 aromatic rings. The highest BCUT2D eigenvalue weighted by atomic mass is 32.1. The summed E-state index contributed by atoms with van der Waals surface area (Å²) in [4.78, 5) is 17.7. The number of rotatable bonds is 4. The fourth-order valence-corrected chi connectivity index (χ4v) is 3.11. The van der Waals surface area contributed by atoms with Gasteiger partial charge in [-0.25, -0.2) is 4.68 Å². The van der Waals surface area contributed by atoms with Crippen LogP contribution in [-0.2, 0) is 23.2 Å². The average Bonchev–Trinajstić information content (AvgIpc) is 3.10. The van der Waals surface area contributed by atoms with Gasteiger partial charge < -0.3 is 14.4 Å².